The Labute approximate surface area is 103 Å². The zero-order chi connectivity index (χ0) is 12.8. The molecule has 1 saturated heterocycles. The van der Waals surface area contributed by atoms with Crippen molar-refractivity contribution in [2.24, 2.45) is 5.92 Å². The van der Waals surface area contributed by atoms with Crippen LogP contribution in [0.15, 0.2) is 12.7 Å². The Kier molecular flexibility index (Phi) is 5.65. The van der Waals surface area contributed by atoms with Gasteiger partial charge in [0, 0.05) is 0 Å². The van der Waals surface area contributed by atoms with Crippen molar-refractivity contribution in [3.8, 4) is 0 Å². The monoisotopic (exact) mass is 242 g/mol. The second-order valence-corrected chi connectivity index (χ2v) is 4.69. The number of carbonyl (C=O) groups excluding carboxylic acids is 1. The number of carbonyl (C=O) groups is 1. The summed E-state index contributed by atoms with van der Waals surface area (Å²) in [5.74, 6) is 0.0595. The molecule has 1 rings (SSSR count). The molecule has 0 saturated carbocycles. The summed E-state index contributed by atoms with van der Waals surface area (Å²) in [6.07, 6.45) is 2.79. The van der Waals surface area contributed by atoms with E-state index in [0.717, 1.165) is 12.8 Å². The fourth-order valence-electron chi connectivity index (χ4n) is 2.17. The normalized spacial score (nSPS) is 30.6. The lowest BCUT2D eigenvalue weighted by Gasteiger charge is -2.36. The van der Waals surface area contributed by atoms with Crippen molar-refractivity contribution in [1.29, 1.82) is 0 Å². The number of esters is 1. The highest BCUT2D eigenvalue weighted by Gasteiger charge is 2.32. The predicted octanol–water partition coefficient (Wildman–Crippen LogP) is 1.67. The summed E-state index contributed by atoms with van der Waals surface area (Å²) >= 11 is 0. The first-order valence-corrected chi connectivity index (χ1v) is 6.14. The lowest BCUT2D eigenvalue weighted by Crippen LogP contribution is -2.41. The second-order valence-electron chi connectivity index (χ2n) is 4.69. The third kappa shape index (κ3) is 4.48. The first-order chi connectivity index (χ1) is 8.04. The van der Waals surface area contributed by atoms with Crippen molar-refractivity contribution in [2.45, 2.75) is 51.4 Å². The molecule has 0 aromatic carbocycles. The molecular weight excluding hydrogens is 220 g/mol. The van der Waals surface area contributed by atoms with E-state index in [1.54, 1.807) is 13.0 Å². The summed E-state index contributed by atoms with van der Waals surface area (Å²) in [4.78, 5) is 11.4. The van der Waals surface area contributed by atoms with Crippen LogP contribution in [0.4, 0.5) is 0 Å². The molecular formula is C13H22O4. The summed E-state index contributed by atoms with van der Waals surface area (Å²) in [6, 6.07) is 0. The van der Waals surface area contributed by atoms with Gasteiger partial charge < -0.3 is 14.6 Å². The quantitative estimate of drug-likeness (QED) is 0.588. The van der Waals surface area contributed by atoms with Crippen LogP contribution in [0, 0.1) is 5.92 Å². The molecule has 0 bridgehead atoms. The van der Waals surface area contributed by atoms with Gasteiger partial charge >= 0.3 is 5.97 Å². The van der Waals surface area contributed by atoms with Gasteiger partial charge in [0.2, 0.25) is 0 Å². The average molecular weight is 242 g/mol. The van der Waals surface area contributed by atoms with E-state index in [-0.39, 0.29) is 31.2 Å². The lowest BCUT2D eigenvalue weighted by atomic mass is 9.90. The van der Waals surface area contributed by atoms with E-state index in [0.29, 0.717) is 5.92 Å². The minimum absolute atomic E-state index is 0.136. The predicted molar refractivity (Wildman–Crippen MR) is 64.5 cm³/mol. The Morgan fingerprint density at radius 1 is 1.65 bits per heavy atom. The molecule has 98 valence electrons. The molecule has 1 heterocycles. The highest BCUT2D eigenvalue weighted by atomic mass is 16.5. The Balaban J connectivity index is 2.40. The average Bonchev–Trinajstić information content (AvgIpc) is 2.28. The van der Waals surface area contributed by atoms with Crippen molar-refractivity contribution < 1.29 is 19.4 Å². The van der Waals surface area contributed by atoms with Gasteiger partial charge in [-0.25, -0.2) is 0 Å². The topological polar surface area (TPSA) is 55.8 Å². The van der Waals surface area contributed by atoms with Gasteiger partial charge in [0.25, 0.3) is 0 Å². The van der Waals surface area contributed by atoms with Crippen LogP contribution in [0.1, 0.15) is 33.1 Å². The van der Waals surface area contributed by atoms with Gasteiger partial charge in [-0.1, -0.05) is 19.6 Å². The van der Waals surface area contributed by atoms with Gasteiger partial charge in [0.05, 0.1) is 24.7 Å². The van der Waals surface area contributed by atoms with Crippen LogP contribution in [0.2, 0.25) is 0 Å². The van der Waals surface area contributed by atoms with Gasteiger partial charge in [-0.15, -0.1) is 0 Å². The summed E-state index contributed by atoms with van der Waals surface area (Å²) in [6.45, 7) is 7.50. The number of hydrogen-bond acceptors (Lipinski definition) is 4. The molecule has 4 atom stereocenters. The number of ether oxygens (including phenoxy) is 2. The number of rotatable bonds is 5. The molecule has 4 nitrogen and oxygen atoms in total. The van der Waals surface area contributed by atoms with Crippen LogP contribution in [0.5, 0.6) is 0 Å². The molecule has 0 amide bonds. The van der Waals surface area contributed by atoms with Crippen molar-refractivity contribution in [1.82, 2.24) is 0 Å². The smallest absolute Gasteiger partial charge is 0.308 e. The molecule has 1 aliphatic rings. The van der Waals surface area contributed by atoms with E-state index in [2.05, 4.69) is 13.5 Å². The van der Waals surface area contributed by atoms with E-state index >= 15 is 0 Å². The van der Waals surface area contributed by atoms with Crippen LogP contribution in [0.25, 0.3) is 0 Å². The van der Waals surface area contributed by atoms with Crippen molar-refractivity contribution >= 4 is 5.97 Å². The molecule has 0 radical (unpaired) electrons. The van der Waals surface area contributed by atoms with Gasteiger partial charge in [0.1, 0.15) is 6.61 Å². The molecule has 17 heavy (non-hydrogen) atoms. The first kappa shape index (κ1) is 14.2. The Bertz CT molecular complexity index is 262. The highest BCUT2D eigenvalue weighted by Crippen LogP contribution is 2.28. The van der Waals surface area contributed by atoms with E-state index in [1.807, 2.05) is 0 Å². The van der Waals surface area contributed by atoms with E-state index < -0.39 is 6.10 Å². The summed E-state index contributed by atoms with van der Waals surface area (Å²) in [5, 5.41) is 9.59. The standard InChI is InChI=1S/C13H22O4/c1-4-7-16-12(15)8-11-6-5-9(2)13(17-11)10(3)14/h4,9-11,13-14H,1,5-8H2,2-3H3/t9-,10-,11+,13-/m0/s1. The van der Waals surface area contributed by atoms with Crippen LogP contribution < -0.4 is 0 Å². The summed E-state index contributed by atoms with van der Waals surface area (Å²) in [7, 11) is 0. The van der Waals surface area contributed by atoms with Crippen LogP contribution in [-0.2, 0) is 14.3 Å². The van der Waals surface area contributed by atoms with Gasteiger partial charge in [0.15, 0.2) is 0 Å². The zero-order valence-electron chi connectivity index (χ0n) is 10.6. The molecule has 0 aromatic heterocycles. The molecule has 1 fully saturated rings. The molecule has 1 N–H and O–H groups in total. The zero-order valence-corrected chi connectivity index (χ0v) is 10.6. The molecule has 0 aromatic rings. The van der Waals surface area contributed by atoms with E-state index in [9.17, 15) is 9.90 Å². The highest BCUT2D eigenvalue weighted by molar-refractivity contribution is 5.70. The molecule has 4 heteroatoms. The van der Waals surface area contributed by atoms with Crippen molar-refractivity contribution in [3.63, 3.8) is 0 Å². The van der Waals surface area contributed by atoms with Crippen LogP contribution >= 0.6 is 0 Å². The van der Waals surface area contributed by atoms with Crippen LogP contribution in [-0.4, -0.2) is 36.0 Å². The fraction of sp³-hybridized carbons (Fsp3) is 0.769. The lowest BCUT2D eigenvalue weighted by molar-refractivity contribution is -0.157. The van der Waals surface area contributed by atoms with Crippen molar-refractivity contribution in [2.75, 3.05) is 6.61 Å². The van der Waals surface area contributed by atoms with Crippen molar-refractivity contribution in [3.05, 3.63) is 12.7 Å². The SMILES string of the molecule is C=CCOC(=O)C[C@H]1CC[C@H](C)[C@@H]([C@H](C)O)O1. The molecule has 1 aliphatic heterocycles. The fourth-order valence-corrected chi connectivity index (χ4v) is 2.17. The number of aliphatic hydroxyl groups excluding tert-OH is 1. The second kappa shape index (κ2) is 6.77. The maximum absolute atomic E-state index is 11.4. The largest absolute Gasteiger partial charge is 0.461 e. The maximum atomic E-state index is 11.4. The van der Waals surface area contributed by atoms with Gasteiger partial charge in [-0.2, -0.15) is 0 Å². The van der Waals surface area contributed by atoms with E-state index in [1.165, 1.54) is 0 Å². The number of aliphatic hydroxyl groups is 1. The maximum Gasteiger partial charge on any atom is 0.308 e. The minimum atomic E-state index is -0.503. The molecule has 0 unspecified atom stereocenters. The number of hydrogen-bond donors (Lipinski definition) is 1. The van der Waals surface area contributed by atoms with Gasteiger partial charge in [-0.3, -0.25) is 4.79 Å². The molecule has 0 aliphatic carbocycles. The van der Waals surface area contributed by atoms with Gasteiger partial charge in [-0.05, 0) is 25.7 Å². The van der Waals surface area contributed by atoms with E-state index in [4.69, 9.17) is 9.47 Å². The third-order valence-electron chi connectivity index (χ3n) is 3.09. The Morgan fingerprint density at radius 3 is 2.94 bits per heavy atom. The molecule has 0 spiro atoms. The summed E-state index contributed by atoms with van der Waals surface area (Å²) in [5.41, 5.74) is 0. The first-order valence-electron chi connectivity index (χ1n) is 6.14. The minimum Gasteiger partial charge on any atom is -0.461 e. The van der Waals surface area contributed by atoms with Crippen LogP contribution in [0.3, 0.4) is 0 Å². The summed E-state index contributed by atoms with van der Waals surface area (Å²) < 4.78 is 10.7. The Hall–Kier alpha value is -0.870. The third-order valence-corrected chi connectivity index (χ3v) is 3.09. The Morgan fingerprint density at radius 2 is 2.35 bits per heavy atom.